The van der Waals surface area contributed by atoms with Crippen LogP contribution >= 0.6 is 24.0 Å². The van der Waals surface area contributed by atoms with Crippen molar-refractivity contribution in [2.45, 2.75) is 52.6 Å². The van der Waals surface area contributed by atoms with Crippen LogP contribution in [0.2, 0.25) is 0 Å². The molecule has 1 aliphatic carbocycles. The Balaban J connectivity index is 0.00000484. The predicted octanol–water partition coefficient (Wildman–Crippen LogP) is 3.04. The number of rotatable bonds is 8. The fraction of sp³-hybridized carbons (Fsp3) is 0.941. The molecule has 1 atom stereocenters. The van der Waals surface area contributed by atoms with Gasteiger partial charge in [-0.25, -0.2) is 0 Å². The van der Waals surface area contributed by atoms with Gasteiger partial charge in [-0.1, -0.05) is 27.2 Å². The average molecular weight is 441 g/mol. The van der Waals surface area contributed by atoms with Crippen molar-refractivity contribution < 1.29 is 9.47 Å². The molecule has 138 valence electrons. The van der Waals surface area contributed by atoms with Gasteiger partial charge in [0.05, 0.1) is 6.10 Å². The third kappa shape index (κ3) is 7.56. The molecule has 0 heterocycles. The highest BCUT2D eigenvalue weighted by Gasteiger charge is 2.36. The van der Waals surface area contributed by atoms with Crippen LogP contribution in [-0.4, -0.2) is 53.0 Å². The maximum Gasteiger partial charge on any atom is 0.191 e. The van der Waals surface area contributed by atoms with Crippen LogP contribution in [0.3, 0.4) is 0 Å². The van der Waals surface area contributed by atoms with Crippen LogP contribution in [0.1, 0.15) is 46.5 Å². The quantitative estimate of drug-likeness (QED) is 0.346. The first-order valence-corrected chi connectivity index (χ1v) is 8.33. The molecule has 23 heavy (non-hydrogen) atoms. The van der Waals surface area contributed by atoms with Crippen molar-refractivity contribution in [1.82, 2.24) is 10.6 Å². The van der Waals surface area contributed by atoms with E-state index < -0.39 is 0 Å². The number of nitrogens with zero attached hydrogens (tertiary/aromatic N) is 1. The monoisotopic (exact) mass is 441 g/mol. The molecular weight excluding hydrogens is 405 g/mol. The van der Waals surface area contributed by atoms with Crippen LogP contribution in [0.4, 0.5) is 0 Å². The lowest BCUT2D eigenvalue weighted by molar-refractivity contribution is 0.0204. The Hall–Kier alpha value is -0.0800. The highest BCUT2D eigenvalue weighted by Crippen LogP contribution is 2.43. The van der Waals surface area contributed by atoms with Crippen LogP contribution < -0.4 is 10.6 Å². The van der Waals surface area contributed by atoms with Gasteiger partial charge >= 0.3 is 0 Å². The third-order valence-electron chi connectivity index (χ3n) is 4.81. The van der Waals surface area contributed by atoms with Crippen LogP contribution in [0.5, 0.6) is 0 Å². The summed E-state index contributed by atoms with van der Waals surface area (Å²) < 4.78 is 10.8. The molecule has 0 bridgehead atoms. The Morgan fingerprint density at radius 2 is 1.87 bits per heavy atom. The maximum atomic E-state index is 5.58. The zero-order valence-electron chi connectivity index (χ0n) is 15.7. The van der Waals surface area contributed by atoms with Crippen LogP contribution in [0, 0.1) is 10.8 Å². The zero-order chi connectivity index (χ0) is 16.6. The Morgan fingerprint density at radius 3 is 2.26 bits per heavy atom. The van der Waals surface area contributed by atoms with Crippen molar-refractivity contribution in [3.8, 4) is 0 Å². The Labute approximate surface area is 159 Å². The lowest BCUT2D eigenvalue weighted by Crippen LogP contribution is -2.49. The summed E-state index contributed by atoms with van der Waals surface area (Å²) >= 11 is 0. The van der Waals surface area contributed by atoms with Gasteiger partial charge in [0.2, 0.25) is 0 Å². The second-order valence-electron chi connectivity index (χ2n) is 7.49. The van der Waals surface area contributed by atoms with Crippen molar-refractivity contribution in [3.63, 3.8) is 0 Å². The first-order valence-electron chi connectivity index (χ1n) is 8.33. The summed E-state index contributed by atoms with van der Waals surface area (Å²) in [7, 11) is 5.36. The normalized spacial score (nSPS) is 18.6. The molecule has 0 aliphatic heterocycles. The summed E-state index contributed by atoms with van der Waals surface area (Å²) in [6.07, 6.45) is 5.16. The van der Waals surface area contributed by atoms with Gasteiger partial charge in [-0.05, 0) is 30.1 Å². The third-order valence-corrected chi connectivity index (χ3v) is 4.81. The Morgan fingerprint density at radius 1 is 1.22 bits per heavy atom. The van der Waals surface area contributed by atoms with Gasteiger partial charge < -0.3 is 20.1 Å². The summed E-state index contributed by atoms with van der Waals surface area (Å²) in [5, 5.41) is 6.87. The molecule has 5 nitrogen and oxygen atoms in total. The molecule has 0 radical (unpaired) electrons. The number of aliphatic imine (C=N–C) groups is 1. The molecule has 1 unspecified atom stereocenters. The fourth-order valence-corrected chi connectivity index (χ4v) is 2.93. The molecule has 0 spiro atoms. The Kier molecular flexibility index (Phi) is 10.7. The lowest BCUT2D eigenvalue weighted by Gasteiger charge is -2.42. The molecule has 6 heteroatoms. The first kappa shape index (κ1) is 22.9. The van der Waals surface area contributed by atoms with Gasteiger partial charge in [0.15, 0.2) is 5.96 Å². The topological polar surface area (TPSA) is 54.9 Å². The van der Waals surface area contributed by atoms with E-state index >= 15 is 0 Å². The van der Waals surface area contributed by atoms with Crippen LogP contribution in [0.15, 0.2) is 4.99 Å². The number of methoxy groups -OCH3 is 2. The van der Waals surface area contributed by atoms with E-state index in [0.717, 1.165) is 32.1 Å². The minimum Gasteiger partial charge on any atom is -0.385 e. The summed E-state index contributed by atoms with van der Waals surface area (Å²) in [4.78, 5) is 4.33. The molecule has 0 aromatic carbocycles. The SMILES string of the molecule is CN=C(NCC(OC)C(C)(C)C)NCC1(CCOC)CCC1.I. The fourth-order valence-electron chi connectivity index (χ4n) is 2.93. The molecular formula is C17H36IN3O2. The number of nitrogens with one attached hydrogen (secondary N) is 2. The molecule has 0 aromatic rings. The highest BCUT2D eigenvalue weighted by molar-refractivity contribution is 14.0. The number of hydrogen-bond donors (Lipinski definition) is 2. The van der Waals surface area contributed by atoms with Crippen molar-refractivity contribution in [2.75, 3.05) is 41.0 Å². The van der Waals surface area contributed by atoms with Gasteiger partial charge in [-0.15, -0.1) is 24.0 Å². The van der Waals surface area contributed by atoms with Gasteiger partial charge in [-0.2, -0.15) is 0 Å². The van der Waals surface area contributed by atoms with E-state index in [1.807, 2.05) is 7.05 Å². The van der Waals surface area contributed by atoms with Crippen molar-refractivity contribution in [3.05, 3.63) is 0 Å². The molecule has 0 aromatic heterocycles. The summed E-state index contributed by atoms with van der Waals surface area (Å²) in [6.45, 7) is 9.12. The van der Waals surface area contributed by atoms with E-state index in [9.17, 15) is 0 Å². The minimum atomic E-state index is 0. The Bertz CT molecular complexity index is 352. The maximum absolute atomic E-state index is 5.58. The lowest BCUT2D eigenvalue weighted by atomic mass is 9.67. The number of guanidine groups is 1. The van der Waals surface area contributed by atoms with Gasteiger partial charge in [0.1, 0.15) is 0 Å². The van der Waals surface area contributed by atoms with Gasteiger partial charge in [0.25, 0.3) is 0 Å². The molecule has 1 fully saturated rings. The minimum absolute atomic E-state index is 0. The largest absolute Gasteiger partial charge is 0.385 e. The molecule has 1 rings (SSSR count). The predicted molar refractivity (Wildman–Crippen MR) is 108 cm³/mol. The summed E-state index contributed by atoms with van der Waals surface area (Å²) in [5.74, 6) is 0.856. The zero-order valence-corrected chi connectivity index (χ0v) is 18.0. The molecule has 1 saturated carbocycles. The number of hydrogen-bond acceptors (Lipinski definition) is 3. The second-order valence-corrected chi connectivity index (χ2v) is 7.49. The number of halogens is 1. The van der Waals surface area contributed by atoms with Crippen LogP contribution in [0.25, 0.3) is 0 Å². The highest BCUT2D eigenvalue weighted by atomic mass is 127. The van der Waals surface area contributed by atoms with E-state index in [1.165, 1.54) is 19.3 Å². The van der Waals surface area contributed by atoms with Gasteiger partial charge in [0, 0.05) is 41.0 Å². The van der Waals surface area contributed by atoms with E-state index in [0.29, 0.717) is 5.41 Å². The van der Waals surface area contributed by atoms with Gasteiger partial charge in [-0.3, -0.25) is 4.99 Å². The molecule has 1 aliphatic rings. The summed E-state index contributed by atoms with van der Waals surface area (Å²) in [5.41, 5.74) is 0.493. The van der Waals surface area contributed by atoms with E-state index in [2.05, 4.69) is 36.4 Å². The van der Waals surface area contributed by atoms with E-state index in [-0.39, 0.29) is 35.5 Å². The number of ether oxygens (including phenoxy) is 2. The van der Waals surface area contributed by atoms with Crippen molar-refractivity contribution >= 4 is 29.9 Å². The van der Waals surface area contributed by atoms with Crippen LogP contribution in [-0.2, 0) is 9.47 Å². The smallest absolute Gasteiger partial charge is 0.191 e. The summed E-state index contributed by atoms with van der Waals surface area (Å²) in [6, 6.07) is 0. The molecule has 2 N–H and O–H groups in total. The van der Waals surface area contributed by atoms with E-state index in [1.54, 1.807) is 14.2 Å². The van der Waals surface area contributed by atoms with E-state index in [4.69, 9.17) is 9.47 Å². The molecule has 0 amide bonds. The van der Waals surface area contributed by atoms with Crippen molar-refractivity contribution in [2.24, 2.45) is 15.8 Å². The average Bonchev–Trinajstić information content (AvgIpc) is 2.42. The first-order chi connectivity index (χ1) is 10.4. The van der Waals surface area contributed by atoms with Crippen molar-refractivity contribution in [1.29, 1.82) is 0 Å². The molecule has 0 saturated heterocycles. The standard InChI is InChI=1S/C17H35N3O2.HI/c1-16(2,3)14(22-6)12-19-15(18-4)20-13-17(8-7-9-17)10-11-21-5;/h14H,7-13H2,1-6H3,(H2,18,19,20);1H. The second kappa shape index (κ2) is 10.7.